The van der Waals surface area contributed by atoms with E-state index in [0.29, 0.717) is 36.5 Å². The maximum atomic E-state index is 12.6. The summed E-state index contributed by atoms with van der Waals surface area (Å²) in [5.74, 6) is 1.74. The van der Waals surface area contributed by atoms with E-state index < -0.39 is 0 Å². The molecule has 0 aliphatic heterocycles. The van der Waals surface area contributed by atoms with Crippen molar-refractivity contribution >= 4 is 29.3 Å². The van der Waals surface area contributed by atoms with Gasteiger partial charge in [-0.2, -0.15) is 0 Å². The van der Waals surface area contributed by atoms with E-state index in [2.05, 4.69) is 10.2 Å². The molecule has 0 bridgehead atoms. The quantitative estimate of drug-likeness (QED) is 0.404. The SMILES string of the molecule is COCCn1c(SCC(=O)N(C)CCOc2ccc(Cl)cc2)nnc1-c1ccccc1. The number of carbonyl (C=O) groups excluding carboxylic acids is 1. The van der Waals surface area contributed by atoms with Crippen molar-refractivity contribution in [1.82, 2.24) is 19.7 Å². The second-order valence-electron chi connectivity index (χ2n) is 6.72. The molecule has 2 aromatic carbocycles. The first-order chi connectivity index (χ1) is 15.1. The topological polar surface area (TPSA) is 69.5 Å². The van der Waals surface area contributed by atoms with Gasteiger partial charge in [0.15, 0.2) is 11.0 Å². The van der Waals surface area contributed by atoms with Gasteiger partial charge in [0.1, 0.15) is 12.4 Å². The summed E-state index contributed by atoms with van der Waals surface area (Å²) in [6.45, 7) is 2.01. The maximum absolute atomic E-state index is 12.6. The molecule has 0 atom stereocenters. The second kappa shape index (κ2) is 11.7. The Morgan fingerprint density at radius 3 is 2.55 bits per heavy atom. The third-order valence-electron chi connectivity index (χ3n) is 4.53. The lowest BCUT2D eigenvalue weighted by Gasteiger charge is -2.17. The molecule has 0 N–H and O–H groups in total. The van der Waals surface area contributed by atoms with Crippen LogP contribution in [0.4, 0.5) is 0 Å². The Hall–Kier alpha value is -2.55. The second-order valence-corrected chi connectivity index (χ2v) is 8.10. The molecule has 0 saturated heterocycles. The molecule has 3 aromatic rings. The number of ether oxygens (including phenoxy) is 2. The molecule has 1 aromatic heterocycles. The number of amides is 1. The fourth-order valence-corrected chi connectivity index (χ4v) is 3.80. The minimum absolute atomic E-state index is 0.00717. The Morgan fingerprint density at radius 2 is 1.84 bits per heavy atom. The predicted octanol–water partition coefficient (Wildman–Crippen LogP) is 3.87. The fraction of sp³-hybridized carbons (Fsp3) is 0.318. The Kier molecular flexibility index (Phi) is 8.75. The fourth-order valence-electron chi connectivity index (χ4n) is 2.77. The average Bonchev–Trinajstić information content (AvgIpc) is 3.20. The van der Waals surface area contributed by atoms with Crippen molar-refractivity contribution in [1.29, 1.82) is 0 Å². The van der Waals surface area contributed by atoms with Crippen molar-refractivity contribution in [2.24, 2.45) is 0 Å². The normalized spacial score (nSPS) is 10.8. The summed E-state index contributed by atoms with van der Waals surface area (Å²) in [4.78, 5) is 14.2. The number of thioether (sulfide) groups is 1. The van der Waals surface area contributed by atoms with Crippen LogP contribution < -0.4 is 4.74 Å². The van der Waals surface area contributed by atoms with Gasteiger partial charge in [-0.1, -0.05) is 53.7 Å². The monoisotopic (exact) mass is 460 g/mol. The highest BCUT2D eigenvalue weighted by atomic mass is 35.5. The van der Waals surface area contributed by atoms with Gasteiger partial charge in [-0.3, -0.25) is 9.36 Å². The summed E-state index contributed by atoms with van der Waals surface area (Å²) in [5, 5.41) is 9.98. The third-order valence-corrected chi connectivity index (χ3v) is 5.73. The number of hydrogen-bond donors (Lipinski definition) is 0. The number of methoxy groups -OCH3 is 1. The van der Waals surface area contributed by atoms with Crippen molar-refractivity contribution in [3.63, 3.8) is 0 Å². The molecule has 0 aliphatic rings. The van der Waals surface area contributed by atoms with Gasteiger partial charge < -0.3 is 14.4 Å². The highest BCUT2D eigenvalue weighted by molar-refractivity contribution is 7.99. The predicted molar refractivity (Wildman–Crippen MR) is 123 cm³/mol. The molecule has 164 valence electrons. The summed E-state index contributed by atoms with van der Waals surface area (Å²) in [6, 6.07) is 17.0. The first-order valence-corrected chi connectivity index (χ1v) is 11.2. The number of halogens is 1. The van der Waals surface area contributed by atoms with Crippen LogP contribution in [0, 0.1) is 0 Å². The number of likely N-dealkylation sites (N-methyl/N-ethyl adjacent to an activating group) is 1. The number of nitrogens with zero attached hydrogens (tertiary/aromatic N) is 4. The van der Waals surface area contributed by atoms with E-state index in [1.807, 2.05) is 34.9 Å². The average molecular weight is 461 g/mol. The van der Waals surface area contributed by atoms with E-state index in [-0.39, 0.29) is 11.7 Å². The molecule has 31 heavy (non-hydrogen) atoms. The first kappa shape index (κ1) is 23.1. The molecule has 0 unspecified atom stereocenters. The molecule has 7 nitrogen and oxygen atoms in total. The molecular weight excluding hydrogens is 436 g/mol. The van der Waals surface area contributed by atoms with E-state index in [0.717, 1.165) is 17.1 Å². The van der Waals surface area contributed by atoms with Gasteiger partial charge in [0.25, 0.3) is 0 Å². The minimum atomic E-state index is -0.00717. The van der Waals surface area contributed by atoms with Gasteiger partial charge in [-0.05, 0) is 24.3 Å². The zero-order valence-electron chi connectivity index (χ0n) is 17.5. The van der Waals surface area contributed by atoms with Gasteiger partial charge in [-0.25, -0.2) is 0 Å². The van der Waals surface area contributed by atoms with Crippen LogP contribution in [0.25, 0.3) is 11.4 Å². The van der Waals surface area contributed by atoms with E-state index in [4.69, 9.17) is 21.1 Å². The van der Waals surface area contributed by atoms with E-state index in [1.165, 1.54) is 11.8 Å². The van der Waals surface area contributed by atoms with Gasteiger partial charge in [-0.15, -0.1) is 10.2 Å². The number of benzene rings is 2. The smallest absolute Gasteiger partial charge is 0.232 e. The van der Waals surface area contributed by atoms with E-state index in [9.17, 15) is 4.79 Å². The van der Waals surface area contributed by atoms with Gasteiger partial charge in [0, 0.05) is 24.7 Å². The number of aromatic nitrogens is 3. The molecule has 0 aliphatic carbocycles. The van der Waals surface area contributed by atoms with Crippen molar-refractivity contribution < 1.29 is 14.3 Å². The Labute approximate surface area is 191 Å². The standard InChI is InChI=1S/C22H25ClN4O3S/c1-26(12-15-30-19-10-8-18(23)9-11-19)20(28)16-31-22-25-24-21(27(22)13-14-29-2)17-6-4-3-5-7-17/h3-11H,12-16H2,1-2H3. The molecule has 1 amide bonds. The minimum Gasteiger partial charge on any atom is -0.492 e. The number of rotatable bonds is 11. The maximum Gasteiger partial charge on any atom is 0.232 e. The van der Waals surface area contributed by atoms with Crippen LogP contribution in [0.15, 0.2) is 59.8 Å². The zero-order chi connectivity index (χ0) is 22.1. The Morgan fingerprint density at radius 1 is 1.10 bits per heavy atom. The molecule has 3 rings (SSSR count). The van der Waals surface area contributed by atoms with Crippen molar-refractivity contribution in [3.05, 3.63) is 59.6 Å². The largest absolute Gasteiger partial charge is 0.492 e. The van der Waals surface area contributed by atoms with Gasteiger partial charge >= 0.3 is 0 Å². The van der Waals surface area contributed by atoms with Gasteiger partial charge in [0.05, 0.1) is 25.4 Å². The summed E-state index contributed by atoms with van der Waals surface area (Å²) in [5.41, 5.74) is 0.973. The highest BCUT2D eigenvalue weighted by Crippen LogP contribution is 2.24. The molecule has 1 heterocycles. The first-order valence-electron chi connectivity index (χ1n) is 9.81. The van der Waals surface area contributed by atoms with Crippen LogP contribution >= 0.6 is 23.4 Å². The lowest BCUT2D eigenvalue weighted by Crippen LogP contribution is -2.32. The van der Waals surface area contributed by atoms with Crippen LogP contribution in [0.5, 0.6) is 5.75 Å². The molecule has 0 saturated carbocycles. The van der Waals surface area contributed by atoms with Crippen LogP contribution in [-0.4, -0.2) is 65.2 Å². The summed E-state index contributed by atoms with van der Waals surface area (Å²) >= 11 is 7.24. The number of hydrogen-bond acceptors (Lipinski definition) is 6. The Bertz CT molecular complexity index is 967. The van der Waals surface area contributed by atoms with E-state index in [1.54, 1.807) is 43.3 Å². The highest BCUT2D eigenvalue weighted by Gasteiger charge is 2.17. The number of carbonyl (C=O) groups is 1. The molecule has 0 radical (unpaired) electrons. The van der Waals surface area contributed by atoms with Crippen LogP contribution in [0.2, 0.25) is 5.02 Å². The summed E-state index contributed by atoms with van der Waals surface area (Å²) in [6.07, 6.45) is 0. The summed E-state index contributed by atoms with van der Waals surface area (Å²) in [7, 11) is 3.42. The molecule has 0 fully saturated rings. The third kappa shape index (κ3) is 6.72. The van der Waals surface area contributed by atoms with E-state index >= 15 is 0 Å². The lowest BCUT2D eigenvalue weighted by molar-refractivity contribution is -0.127. The molecule has 0 spiro atoms. The van der Waals surface area contributed by atoms with Crippen molar-refractivity contribution in [2.45, 2.75) is 11.7 Å². The molecular formula is C22H25ClN4O3S. The Balaban J connectivity index is 1.55. The van der Waals surface area contributed by atoms with Crippen LogP contribution in [-0.2, 0) is 16.1 Å². The van der Waals surface area contributed by atoms with Crippen LogP contribution in [0.3, 0.4) is 0 Å². The van der Waals surface area contributed by atoms with Gasteiger partial charge in [0.2, 0.25) is 5.91 Å². The van der Waals surface area contributed by atoms with Crippen molar-refractivity contribution in [3.8, 4) is 17.1 Å². The van der Waals surface area contributed by atoms with Crippen LogP contribution in [0.1, 0.15) is 0 Å². The lowest BCUT2D eigenvalue weighted by atomic mass is 10.2. The van der Waals surface area contributed by atoms with Crippen molar-refractivity contribution in [2.75, 3.05) is 39.7 Å². The zero-order valence-corrected chi connectivity index (χ0v) is 19.1. The summed E-state index contributed by atoms with van der Waals surface area (Å²) < 4.78 is 12.9. The molecule has 9 heteroatoms.